The van der Waals surface area contributed by atoms with E-state index in [0.29, 0.717) is 26.1 Å². The molecule has 2 atom stereocenters. The second-order valence-electron chi connectivity index (χ2n) is 5.09. The van der Waals surface area contributed by atoms with Crippen molar-refractivity contribution in [2.45, 2.75) is 38.6 Å². The van der Waals surface area contributed by atoms with Gasteiger partial charge in [-0.1, -0.05) is 37.3 Å². The van der Waals surface area contributed by atoms with Gasteiger partial charge in [-0.05, 0) is 18.4 Å². The SMILES string of the molecule is CC1(COCc2ccccc2)[C@H](O)CC[C@H]1O. The minimum atomic E-state index is -0.519. The molecule has 0 amide bonds. The van der Waals surface area contributed by atoms with Crippen LogP contribution in [0.15, 0.2) is 30.3 Å². The first-order chi connectivity index (χ1) is 8.13. The lowest BCUT2D eigenvalue weighted by Gasteiger charge is -2.31. The molecule has 0 bridgehead atoms. The van der Waals surface area contributed by atoms with E-state index in [1.807, 2.05) is 37.3 Å². The molecule has 2 rings (SSSR count). The number of aliphatic hydroxyl groups is 2. The summed E-state index contributed by atoms with van der Waals surface area (Å²) in [4.78, 5) is 0. The third kappa shape index (κ3) is 2.68. The van der Waals surface area contributed by atoms with Gasteiger partial charge in [-0.3, -0.25) is 0 Å². The average Bonchev–Trinajstić information content (AvgIpc) is 2.59. The fourth-order valence-corrected chi connectivity index (χ4v) is 2.35. The van der Waals surface area contributed by atoms with E-state index in [-0.39, 0.29) is 0 Å². The lowest BCUT2D eigenvalue weighted by atomic mass is 9.85. The third-order valence-electron chi connectivity index (χ3n) is 3.76. The number of benzene rings is 1. The van der Waals surface area contributed by atoms with Crippen molar-refractivity contribution in [3.63, 3.8) is 0 Å². The summed E-state index contributed by atoms with van der Waals surface area (Å²) in [5.41, 5.74) is 0.590. The molecule has 1 aromatic rings. The lowest BCUT2D eigenvalue weighted by molar-refractivity contribution is -0.0726. The predicted octanol–water partition coefficient (Wildman–Crippen LogP) is 1.73. The van der Waals surface area contributed by atoms with Crippen LogP contribution in [0.5, 0.6) is 0 Å². The number of hydrogen-bond acceptors (Lipinski definition) is 3. The Labute approximate surface area is 102 Å². The van der Waals surface area contributed by atoms with Crippen LogP contribution in [0.3, 0.4) is 0 Å². The summed E-state index contributed by atoms with van der Waals surface area (Å²) in [6.45, 7) is 2.81. The molecule has 0 heterocycles. The Kier molecular flexibility index (Phi) is 3.82. The van der Waals surface area contributed by atoms with Crippen molar-refractivity contribution in [2.24, 2.45) is 5.41 Å². The molecule has 17 heavy (non-hydrogen) atoms. The van der Waals surface area contributed by atoms with E-state index in [1.54, 1.807) is 0 Å². The highest BCUT2D eigenvalue weighted by Crippen LogP contribution is 2.38. The number of hydrogen-bond donors (Lipinski definition) is 2. The van der Waals surface area contributed by atoms with Gasteiger partial charge in [0.1, 0.15) is 0 Å². The van der Waals surface area contributed by atoms with E-state index in [2.05, 4.69) is 0 Å². The summed E-state index contributed by atoms with van der Waals surface area (Å²) >= 11 is 0. The van der Waals surface area contributed by atoms with Crippen molar-refractivity contribution in [3.8, 4) is 0 Å². The zero-order valence-corrected chi connectivity index (χ0v) is 10.2. The topological polar surface area (TPSA) is 49.7 Å². The normalized spacial score (nSPS) is 27.2. The molecule has 0 spiro atoms. The van der Waals surface area contributed by atoms with Crippen LogP contribution in [0.4, 0.5) is 0 Å². The first kappa shape index (κ1) is 12.6. The van der Waals surface area contributed by atoms with Crippen LogP contribution in [0.1, 0.15) is 25.3 Å². The molecule has 1 aliphatic carbocycles. The van der Waals surface area contributed by atoms with Gasteiger partial charge >= 0.3 is 0 Å². The van der Waals surface area contributed by atoms with Gasteiger partial charge in [0.2, 0.25) is 0 Å². The van der Waals surface area contributed by atoms with E-state index in [0.717, 1.165) is 5.56 Å². The number of rotatable bonds is 4. The van der Waals surface area contributed by atoms with E-state index >= 15 is 0 Å². The van der Waals surface area contributed by atoms with E-state index < -0.39 is 17.6 Å². The third-order valence-corrected chi connectivity index (χ3v) is 3.76. The standard InChI is InChI=1S/C14H20O3/c1-14(12(15)7-8-13(14)16)10-17-9-11-5-3-2-4-6-11/h2-6,12-13,15-16H,7-10H2,1H3/t12-,13-/m1/s1. The summed E-state index contributed by atoms with van der Waals surface area (Å²) in [6.07, 6.45) is 0.389. The van der Waals surface area contributed by atoms with E-state index in [9.17, 15) is 10.2 Å². The largest absolute Gasteiger partial charge is 0.392 e. The van der Waals surface area contributed by atoms with Crippen molar-refractivity contribution in [1.82, 2.24) is 0 Å². The summed E-state index contributed by atoms with van der Waals surface area (Å²) in [6, 6.07) is 9.92. The van der Waals surface area contributed by atoms with Gasteiger partial charge in [0.05, 0.1) is 25.4 Å². The first-order valence-corrected chi connectivity index (χ1v) is 6.11. The molecule has 1 aliphatic rings. The van der Waals surface area contributed by atoms with Crippen LogP contribution in [0.2, 0.25) is 0 Å². The van der Waals surface area contributed by atoms with Crippen LogP contribution < -0.4 is 0 Å². The highest BCUT2D eigenvalue weighted by Gasteiger charge is 2.45. The van der Waals surface area contributed by atoms with Gasteiger partial charge in [0.25, 0.3) is 0 Å². The molecule has 94 valence electrons. The number of ether oxygens (including phenoxy) is 1. The van der Waals surface area contributed by atoms with Gasteiger partial charge in [-0.2, -0.15) is 0 Å². The Bertz CT molecular complexity index is 340. The summed E-state index contributed by atoms with van der Waals surface area (Å²) < 4.78 is 5.63. The zero-order chi connectivity index (χ0) is 12.3. The predicted molar refractivity (Wildman–Crippen MR) is 65.5 cm³/mol. The quantitative estimate of drug-likeness (QED) is 0.837. The van der Waals surface area contributed by atoms with Crippen LogP contribution >= 0.6 is 0 Å². The highest BCUT2D eigenvalue weighted by molar-refractivity contribution is 5.13. The molecule has 3 heteroatoms. The second-order valence-corrected chi connectivity index (χ2v) is 5.09. The van der Waals surface area contributed by atoms with Crippen molar-refractivity contribution < 1.29 is 14.9 Å². The van der Waals surface area contributed by atoms with Crippen molar-refractivity contribution >= 4 is 0 Å². The molecule has 2 N–H and O–H groups in total. The number of aliphatic hydroxyl groups excluding tert-OH is 2. The smallest absolute Gasteiger partial charge is 0.0717 e. The zero-order valence-electron chi connectivity index (χ0n) is 10.2. The Balaban J connectivity index is 1.86. The second kappa shape index (κ2) is 5.17. The maximum atomic E-state index is 9.88. The fourth-order valence-electron chi connectivity index (χ4n) is 2.35. The lowest BCUT2D eigenvalue weighted by Crippen LogP contribution is -2.40. The maximum absolute atomic E-state index is 9.88. The summed E-state index contributed by atoms with van der Waals surface area (Å²) in [5, 5.41) is 19.8. The van der Waals surface area contributed by atoms with Gasteiger partial charge in [-0.15, -0.1) is 0 Å². The molecule has 0 unspecified atom stereocenters. The highest BCUT2D eigenvalue weighted by atomic mass is 16.5. The molecule has 1 fully saturated rings. The fraction of sp³-hybridized carbons (Fsp3) is 0.571. The van der Waals surface area contributed by atoms with Gasteiger partial charge in [0.15, 0.2) is 0 Å². The summed E-state index contributed by atoms with van der Waals surface area (Å²) in [7, 11) is 0. The van der Waals surface area contributed by atoms with Crippen LogP contribution in [0, 0.1) is 5.41 Å². The average molecular weight is 236 g/mol. The molecule has 1 saturated carbocycles. The van der Waals surface area contributed by atoms with Gasteiger partial charge < -0.3 is 14.9 Å². The first-order valence-electron chi connectivity index (χ1n) is 6.11. The van der Waals surface area contributed by atoms with Crippen LogP contribution in [-0.4, -0.2) is 29.0 Å². The Hall–Kier alpha value is -0.900. The molecule has 0 aromatic heterocycles. The molecule has 3 nitrogen and oxygen atoms in total. The van der Waals surface area contributed by atoms with Crippen LogP contribution in [0.25, 0.3) is 0 Å². The van der Waals surface area contributed by atoms with E-state index in [4.69, 9.17) is 4.74 Å². The van der Waals surface area contributed by atoms with Crippen molar-refractivity contribution in [3.05, 3.63) is 35.9 Å². The van der Waals surface area contributed by atoms with E-state index in [1.165, 1.54) is 0 Å². The molecular weight excluding hydrogens is 216 g/mol. The van der Waals surface area contributed by atoms with Gasteiger partial charge in [-0.25, -0.2) is 0 Å². The Morgan fingerprint density at radius 3 is 2.35 bits per heavy atom. The Morgan fingerprint density at radius 1 is 1.18 bits per heavy atom. The molecule has 0 saturated heterocycles. The van der Waals surface area contributed by atoms with Crippen LogP contribution in [-0.2, 0) is 11.3 Å². The Morgan fingerprint density at radius 2 is 1.76 bits per heavy atom. The monoisotopic (exact) mass is 236 g/mol. The van der Waals surface area contributed by atoms with Crippen molar-refractivity contribution in [1.29, 1.82) is 0 Å². The van der Waals surface area contributed by atoms with Crippen molar-refractivity contribution in [2.75, 3.05) is 6.61 Å². The molecular formula is C14H20O3. The van der Waals surface area contributed by atoms with Gasteiger partial charge in [0, 0.05) is 5.41 Å². The minimum Gasteiger partial charge on any atom is -0.392 e. The molecule has 1 aromatic carbocycles. The molecule has 0 aliphatic heterocycles. The minimum absolute atomic E-state index is 0.393. The molecule has 0 radical (unpaired) electrons. The summed E-state index contributed by atoms with van der Waals surface area (Å²) in [5.74, 6) is 0. The maximum Gasteiger partial charge on any atom is 0.0717 e.